The molecule has 218 valence electrons. The summed E-state index contributed by atoms with van der Waals surface area (Å²) in [6, 6.07) is 7.58. The summed E-state index contributed by atoms with van der Waals surface area (Å²) in [6.45, 7) is 12.0. The molecule has 0 saturated heterocycles. The molecule has 9 nitrogen and oxygen atoms in total. The van der Waals surface area contributed by atoms with Crippen LogP contribution in [0.5, 0.6) is 0 Å². The lowest BCUT2D eigenvalue weighted by Gasteiger charge is -2.17. The number of alkyl halides is 1. The molecule has 2 rings (SSSR count). The highest BCUT2D eigenvalue weighted by Gasteiger charge is 2.56. The lowest BCUT2D eigenvalue weighted by Crippen LogP contribution is -2.31. The van der Waals surface area contributed by atoms with Crippen LogP contribution in [-0.2, 0) is 19.1 Å². The summed E-state index contributed by atoms with van der Waals surface area (Å²) in [7, 11) is 0. The van der Waals surface area contributed by atoms with Gasteiger partial charge in [0.05, 0.1) is 5.92 Å². The van der Waals surface area contributed by atoms with E-state index in [-0.39, 0.29) is 17.8 Å². The molecule has 40 heavy (non-hydrogen) atoms. The fourth-order valence-corrected chi connectivity index (χ4v) is 3.67. The summed E-state index contributed by atoms with van der Waals surface area (Å²) in [5, 5.41) is 13.2. The number of allylic oxidation sites excluding steroid dienone is 6. The Balaban J connectivity index is 0.000000850. The lowest BCUT2D eigenvalue weighted by atomic mass is 10.0. The zero-order valence-electron chi connectivity index (χ0n) is 24.1. The van der Waals surface area contributed by atoms with Gasteiger partial charge >= 0.3 is 12.1 Å². The van der Waals surface area contributed by atoms with E-state index in [4.69, 9.17) is 15.6 Å². The monoisotopic (exact) mass is 557 g/mol. The van der Waals surface area contributed by atoms with Crippen LogP contribution >= 0.6 is 0 Å². The highest BCUT2D eigenvalue weighted by Crippen LogP contribution is 2.46. The number of amides is 2. The van der Waals surface area contributed by atoms with Gasteiger partial charge in [0.25, 0.3) is 0 Å². The maximum absolute atomic E-state index is 12.9. The van der Waals surface area contributed by atoms with Crippen molar-refractivity contribution in [3.63, 3.8) is 0 Å². The van der Waals surface area contributed by atoms with Crippen molar-refractivity contribution in [3.05, 3.63) is 81.9 Å². The third-order valence-electron chi connectivity index (χ3n) is 6.23. The van der Waals surface area contributed by atoms with Crippen LogP contribution in [0.4, 0.5) is 9.18 Å². The van der Waals surface area contributed by atoms with Crippen LogP contribution in [0.15, 0.2) is 70.7 Å². The largest absolute Gasteiger partial charge is 0.481 e. The Morgan fingerprint density at radius 1 is 1.20 bits per heavy atom. The number of ketones is 1. The molecule has 1 fully saturated rings. The minimum absolute atomic E-state index is 0.0557. The molecule has 10 heteroatoms. The Bertz CT molecular complexity index is 1230. The molecule has 0 radical (unpaired) electrons. The number of alkyl carbamates (subject to hydrolysis) is 1. The average Bonchev–Trinajstić information content (AvgIpc) is 3.53. The predicted molar refractivity (Wildman–Crippen MR) is 151 cm³/mol. The van der Waals surface area contributed by atoms with Gasteiger partial charge in [0.1, 0.15) is 17.5 Å². The summed E-state index contributed by atoms with van der Waals surface area (Å²) in [6.07, 6.45) is 5.43. The van der Waals surface area contributed by atoms with E-state index < -0.39 is 35.5 Å². The van der Waals surface area contributed by atoms with Crippen molar-refractivity contribution in [1.29, 1.82) is 0 Å². The second kappa shape index (κ2) is 15.4. The highest BCUT2D eigenvalue weighted by atomic mass is 19.1. The Kier molecular flexibility index (Phi) is 13.0. The van der Waals surface area contributed by atoms with Gasteiger partial charge in [0, 0.05) is 11.4 Å². The minimum atomic E-state index is -1.41. The number of carboxylic acid groups (broad SMARTS) is 1. The molecule has 0 aromatic heterocycles. The first-order valence-electron chi connectivity index (χ1n) is 12.9. The number of carboxylic acids is 1. The van der Waals surface area contributed by atoms with Crippen molar-refractivity contribution in [3.8, 4) is 0 Å². The number of hydrogen-bond donors (Lipinski definition) is 4. The van der Waals surface area contributed by atoms with Crippen molar-refractivity contribution in [2.45, 2.75) is 73.1 Å². The SMILES string of the molecule is CC/C=C(C)/C(=C\C=C(/C)C(=O)/C(NC(=O)OC(C)c1ccccc1C)=C(/C)N)NC=O.CC1(F)CC1C(=O)O. The number of benzene rings is 1. The third kappa shape index (κ3) is 10.5. The van der Waals surface area contributed by atoms with E-state index >= 15 is 0 Å². The summed E-state index contributed by atoms with van der Waals surface area (Å²) >= 11 is 0. The smallest absolute Gasteiger partial charge is 0.412 e. The van der Waals surface area contributed by atoms with Crippen LogP contribution in [0, 0.1) is 12.8 Å². The Morgan fingerprint density at radius 2 is 1.80 bits per heavy atom. The number of aliphatic carboxylic acids is 1. The van der Waals surface area contributed by atoms with Crippen LogP contribution in [0.2, 0.25) is 0 Å². The molecule has 2 amide bonds. The molecule has 3 unspecified atom stereocenters. The van der Waals surface area contributed by atoms with Gasteiger partial charge in [-0.1, -0.05) is 43.3 Å². The normalized spacial score (nSPS) is 20.2. The minimum Gasteiger partial charge on any atom is -0.481 e. The number of aryl methyl sites for hydroxylation is 1. The van der Waals surface area contributed by atoms with E-state index in [1.54, 1.807) is 26.0 Å². The molecule has 1 aliphatic rings. The quantitative estimate of drug-likeness (QED) is 0.164. The molecule has 1 aromatic carbocycles. The second-order valence-corrected chi connectivity index (χ2v) is 9.78. The van der Waals surface area contributed by atoms with E-state index in [1.165, 1.54) is 13.8 Å². The summed E-state index contributed by atoms with van der Waals surface area (Å²) in [5.74, 6) is -2.21. The highest BCUT2D eigenvalue weighted by molar-refractivity contribution is 6.09. The molecule has 0 heterocycles. The van der Waals surface area contributed by atoms with Gasteiger partial charge < -0.3 is 20.9 Å². The van der Waals surface area contributed by atoms with Crippen LogP contribution in [0.25, 0.3) is 0 Å². The number of Topliss-reactive ketones (excluding diaryl/α,β-unsaturated/α-hetero) is 1. The standard InChI is InChI=1S/C25H33N3O4.C5H7FO2/c1-7-10-17(3)22(27-15-29)14-13-18(4)24(30)23(19(5)26)28-25(31)32-20(6)21-12-9-8-11-16(21)2;1-5(6)2-3(5)4(7)8/h8-15,20H,7,26H2,1-6H3,(H,27,29)(H,28,31);3H,2H2,1H3,(H,7,8)/b17-10+,18-13+,22-14+,23-19+;. The summed E-state index contributed by atoms with van der Waals surface area (Å²) < 4.78 is 17.8. The molecular formula is C30H40FN3O6. The number of nitrogens with one attached hydrogen (secondary N) is 2. The number of carbonyl (C=O) groups excluding carboxylic acids is 3. The maximum atomic E-state index is 12.9. The number of hydrogen-bond acceptors (Lipinski definition) is 6. The molecular weight excluding hydrogens is 517 g/mol. The fraction of sp³-hybridized carbons (Fsp3) is 0.400. The molecule has 0 spiro atoms. The van der Waals surface area contributed by atoms with Crippen molar-refractivity contribution < 1.29 is 33.4 Å². The second-order valence-electron chi connectivity index (χ2n) is 9.78. The van der Waals surface area contributed by atoms with Gasteiger partial charge in [-0.3, -0.25) is 19.7 Å². The van der Waals surface area contributed by atoms with Crippen molar-refractivity contribution in [1.82, 2.24) is 10.6 Å². The van der Waals surface area contributed by atoms with Gasteiger partial charge in [-0.25, -0.2) is 9.18 Å². The first-order valence-corrected chi connectivity index (χ1v) is 12.9. The predicted octanol–water partition coefficient (Wildman–Crippen LogP) is 5.29. The van der Waals surface area contributed by atoms with Gasteiger partial charge in [-0.05, 0) is 82.7 Å². The van der Waals surface area contributed by atoms with E-state index in [2.05, 4.69) is 10.6 Å². The number of ether oxygens (including phenoxy) is 1. The van der Waals surface area contributed by atoms with Crippen molar-refractivity contribution in [2.24, 2.45) is 11.7 Å². The van der Waals surface area contributed by atoms with Crippen molar-refractivity contribution >= 4 is 24.3 Å². The first-order chi connectivity index (χ1) is 18.7. The van der Waals surface area contributed by atoms with Gasteiger partial charge in [0.2, 0.25) is 12.2 Å². The van der Waals surface area contributed by atoms with E-state index in [9.17, 15) is 23.6 Å². The Hall–Kier alpha value is -4.21. The Morgan fingerprint density at radius 3 is 2.25 bits per heavy atom. The molecule has 0 aliphatic heterocycles. The Labute approximate surface area is 235 Å². The zero-order valence-corrected chi connectivity index (χ0v) is 24.1. The van der Waals surface area contributed by atoms with E-state index in [1.807, 2.05) is 51.1 Å². The molecule has 5 N–H and O–H groups in total. The van der Waals surface area contributed by atoms with Crippen LogP contribution in [0.1, 0.15) is 71.6 Å². The van der Waals surface area contributed by atoms with E-state index in [0.717, 1.165) is 23.1 Å². The average molecular weight is 558 g/mol. The number of halogens is 1. The summed E-state index contributed by atoms with van der Waals surface area (Å²) in [4.78, 5) is 46.1. The number of rotatable bonds is 11. The molecule has 1 aromatic rings. The zero-order chi connectivity index (χ0) is 30.6. The van der Waals surface area contributed by atoms with Crippen LogP contribution < -0.4 is 16.4 Å². The molecule has 0 bridgehead atoms. The maximum Gasteiger partial charge on any atom is 0.412 e. The topological polar surface area (TPSA) is 148 Å². The first kappa shape index (κ1) is 33.8. The number of nitrogens with two attached hydrogens (primary N) is 1. The summed E-state index contributed by atoms with van der Waals surface area (Å²) in [5.41, 5.74) is 8.18. The third-order valence-corrected chi connectivity index (χ3v) is 6.23. The van der Waals surface area contributed by atoms with Crippen LogP contribution in [-0.4, -0.2) is 35.0 Å². The molecule has 1 saturated carbocycles. The van der Waals surface area contributed by atoms with Gasteiger partial charge in [0.15, 0.2) is 0 Å². The van der Waals surface area contributed by atoms with Gasteiger partial charge in [-0.2, -0.15) is 0 Å². The molecule has 3 atom stereocenters. The van der Waals surface area contributed by atoms with E-state index in [0.29, 0.717) is 17.7 Å². The van der Waals surface area contributed by atoms with Crippen molar-refractivity contribution in [2.75, 3.05) is 0 Å². The number of carbonyl (C=O) groups is 4. The van der Waals surface area contributed by atoms with Crippen LogP contribution in [0.3, 0.4) is 0 Å². The lowest BCUT2D eigenvalue weighted by molar-refractivity contribution is -0.139. The molecule has 1 aliphatic carbocycles. The fourth-order valence-electron chi connectivity index (χ4n) is 3.67. The van der Waals surface area contributed by atoms with Gasteiger partial charge in [-0.15, -0.1) is 0 Å².